The van der Waals surface area contributed by atoms with E-state index >= 15 is 0 Å². The molecule has 0 spiro atoms. The predicted molar refractivity (Wildman–Crippen MR) is 149 cm³/mol. The molecule has 1 aromatic heterocycles. The van der Waals surface area contributed by atoms with E-state index in [2.05, 4.69) is 40.9 Å². The SMILES string of the molecule is CCn1cc(C(=O)N2CCC(N3CCCCC3)CC2)c(S(=O)(=O)N2CCN(c3cccc(C)c3C)CC2)n1. The molecule has 208 valence electrons. The summed E-state index contributed by atoms with van der Waals surface area (Å²) >= 11 is 0. The molecule has 1 amide bonds. The third-order valence-electron chi connectivity index (χ3n) is 8.68. The average molecular weight is 543 g/mol. The molecule has 2 aromatic rings. The molecule has 38 heavy (non-hydrogen) atoms. The lowest BCUT2D eigenvalue weighted by atomic mass is 9.99. The van der Waals surface area contributed by atoms with Crippen LogP contribution in [0.1, 0.15) is 60.5 Å². The number of piperazine rings is 1. The zero-order chi connectivity index (χ0) is 26.9. The van der Waals surface area contributed by atoms with Crippen molar-refractivity contribution >= 4 is 21.6 Å². The number of carbonyl (C=O) groups excluding carboxylic acids is 1. The smallest absolute Gasteiger partial charge is 0.263 e. The van der Waals surface area contributed by atoms with Crippen LogP contribution in [-0.4, -0.2) is 96.6 Å². The Bertz CT molecular complexity index is 1240. The minimum atomic E-state index is -3.90. The molecule has 3 aliphatic heterocycles. The first-order valence-corrected chi connectivity index (χ1v) is 15.7. The van der Waals surface area contributed by atoms with Crippen molar-refractivity contribution in [2.24, 2.45) is 0 Å². The third kappa shape index (κ3) is 5.35. The molecular weight excluding hydrogens is 500 g/mol. The number of amides is 1. The van der Waals surface area contributed by atoms with Crippen LogP contribution in [0.25, 0.3) is 0 Å². The Morgan fingerprint density at radius 2 is 1.63 bits per heavy atom. The van der Waals surface area contributed by atoms with Crippen LogP contribution in [0.2, 0.25) is 0 Å². The quantitative estimate of drug-likeness (QED) is 0.558. The Hall–Kier alpha value is -2.43. The Labute approximate surface area is 227 Å². The van der Waals surface area contributed by atoms with E-state index < -0.39 is 10.0 Å². The molecule has 10 heteroatoms. The number of likely N-dealkylation sites (tertiary alicyclic amines) is 2. The fourth-order valence-corrected chi connectivity index (χ4v) is 7.68. The largest absolute Gasteiger partial charge is 0.369 e. The number of nitrogens with zero attached hydrogens (tertiary/aromatic N) is 6. The number of hydrogen-bond acceptors (Lipinski definition) is 6. The lowest BCUT2D eigenvalue weighted by Crippen LogP contribution is -2.50. The summed E-state index contributed by atoms with van der Waals surface area (Å²) in [6, 6.07) is 6.76. The number of hydrogen-bond donors (Lipinski definition) is 0. The van der Waals surface area contributed by atoms with E-state index in [9.17, 15) is 13.2 Å². The number of sulfonamides is 1. The summed E-state index contributed by atoms with van der Waals surface area (Å²) in [6.45, 7) is 12.2. The van der Waals surface area contributed by atoms with Gasteiger partial charge in [-0.15, -0.1) is 0 Å². The van der Waals surface area contributed by atoms with E-state index in [1.807, 2.05) is 17.9 Å². The van der Waals surface area contributed by atoms with Gasteiger partial charge in [-0.25, -0.2) is 8.42 Å². The number of aromatic nitrogens is 2. The van der Waals surface area contributed by atoms with Gasteiger partial charge in [-0.05, 0) is 76.7 Å². The van der Waals surface area contributed by atoms with Crippen molar-refractivity contribution in [2.75, 3.05) is 57.3 Å². The number of piperidine rings is 2. The van der Waals surface area contributed by atoms with E-state index in [-0.39, 0.29) is 16.5 Å². The van der Waals surface area contributed by atoms with E-state index in [0.29, 0.717) is 51.9 Å². The molecule has 0 unspecified atom stereocenters. The lowest BCUT2D eigenvalue weighted by molar-refractivity contribution is 0.0586. The minimum Gasteiger partial charge on any atom is -0.369 e. The zero-order valence-electron chi connectivity index (χ0n) is 23.1. The second kappa shape index (κ2) is 11.4. The van der Waals surface area contributed by atoms with E-state index in [1.165, 1.54) is 34.7 Å². The standard InChI is InChI=1S/C28H42N6O3S/c1-4-33-21-25(28(35)32-15-11-24(12-16-32)30-13-6-5-7-14-30)27(29-33)38(36,37)34-19-17-31(18-20-34)26-10-8-9-22(2)23(26)3/h8-10,21,24H,4-7,11-20H2,1-3H3. The van der Waals surface area contributed by atoms with Crippen molar-refractivity contribution < 1.29 is 13.2 Å². The Morgan fingerprint density at radius 1 is 0.947 bits per heavy atom. The van der Waals surface area contributed by atoms with E-state index in [4.69, 9.17) is 0 Å². The minimum absolute atomic E-state index is 0.0947. The molecule has 1 aromatic carbocycles. The summed E-state index contributed by atoms with van der Waals surface area (Å²) < 4.78 is 30.7. The number of rotatable bonds is 6. The molecule has 3 fully saturated rings. The molecule has 0 radical (unpaired) electrons. The van der Waals surface area contributed by atoms with Crippen molar-refractivity contribution in [1.29, 1.82) is 0 Å². The molecule has 5 rings (SSSR count). The number of benzene rings is 1. The highest BCUT2D eigenvalue weighted by Gasteiger charge is 2.37. The van der Waals surface area contributed by atoms with Crippen LogP contribution in [0.4, 0.5) is 5.69 Å². The summed E-state index contributed by atoms with van der Waals surface area (Å²) in [7, 11) is -3.90. The van der Waals surface area contributed by atoms with Gasteiger partial charge in [0.25, 0.3) is 15.9 Å². The zero-order valence-corrected chi connectivity index (χ0v) is 23.9. The van der Waals surface area contributed by atoms with Crippen molar-refractivity contribution in [3.63, 3.8) is 0 Å². The number of anilines is 1. The van der Waals surface area contributed by atoms with Crippen LogP contribution >= 0.6 is 0 Å². The van der Waals surface area contributed by atoms with Crippen molar-refractivity contribution in [3.05, 3.63) is 41.1 Å². The summed E-state index contributed by atoms with van der Waals surface area (Å²) in [5.74, 6) is -0.214. The van der Waals surface area contributed by atoms with Crippen molar-refractivity contribution in [3.8, 4) is 0 Å². The van der Waals surface area contributed by atoms with Gasteiger partial charge in [0.2, 0.25) is 5.03 Å². The van der Waals surface area contributed by atoms with Crippen LogP contribution in [0.5, 0.6) is 0 Å². The molecule has 0 saturated carbocycles. The molecule has 3 aliphatic rings. The molecule has 3 saturated heterocycles. The summed E-state index contributed by atoms with van der Waals surface area (Å²) in [6.07, 6.45) is 7.34. The van der Waals surface area contributed by atoms with Gasteiger partial charge in [0.05, 0.1) is 5.56 Å². The maximum Gasteiger partial charge on any atom is 0.263 e. The average Bonchev–Trinajstić information content (AvgIpc) is 3.40. The van der Waals surface area contributed by atoms with Crippen LogP contribution in [0.3, 0.4) is 0 Å². The summed E-state index contributed by atoms with van der Waals surface area (Å²) in [5.41, 5.74) is 3.81. The van der Waals surface area contributed by atoms with Crippen LogP contribution < -0.4 is 4.90 Å². The molecule has 0 aliphatic carbocycles. The van der Waals surface area contributed by atoms with Crippen LogP contribution in [0.15, 0.2) is 29.4 Å². The molecule has 0 atom stereocenters. The van der Waals surface area contributed by atoms with Gasteiger partial charge in [0.1, 0.15) is 0 Å². The van der Waals surface area contributed by atoms with Crippen LogP contribution in [-0.2, 0) is 16.6 Å². The lowest BCUT2D eigenvalue weighted by Gasteiger charge is -2.40. The first-order valence-electron chi connectivity index (χ1n) is 14.2. The Morgan fingerprint density at radius 3 is 2.29 bits per heavy atom. The van der Waals surface area contributed by atoms with E-state index in [0.717, 1.165) is 31.6 Å². The second-order valence-corrected chi connectivity index (χ2v) is 12.8. The number of aryl methyl sites for hydroxylation is 2. The van der Waals surface area contributed by atoms with Crippen molar-refractivity contribution in [2.45, 2.75) is 70.5 Å². The maximum absolute atomic E-state index is 13.8. The molecule has 4 heterocycles. The Balaban J connectivity index is 1.29. The monoisotopic (exact) mass is 542 g/mol. The second-order valence-electron chi connectivity index (χ2n) is 10.9. The number of carbonyl (C=O) groups is 1. The van der Waals surface area contributed by atoms with Gasteiger partial charge in [0, 0.05) is 63.7 Å². The summed E-state index contributed by atoms with van der Waals surface area (Å²) in [5, 5.41) is 4.31. The van der Waals surface area contributed by atoms with Gasteiger partial charge in [0.15, 0.2) is 0 Å². The van der Waals surface area contributed by atoms with Gasteiger partial charge >= 0.3 is 0 Å². The maximum atomic E-state index is 13.8. The van der Waals surface area contributed by atoms with E-state index in [1.54, 1.807) is 10.9 Å². The molecular formula is C28H42N6O3S. The molecule has 0 bridgehead atoms. The van der Waals surface area contributed by atoms with Crippen molar-refractivity contribution in [1.82, 2.24) is 23.9 Å². The van der Waals surface area contributed by atoms with Gasteiger partial charge in [-0.2, -0.15) is 9.40 Å². The normalized spacial score (nSPS) is 20.7. The first kappa shape index (κ1) is 27.1. The predicted octanol–water partition coefficient (Wildman–Crippen LogP) is 3.12. The highest BCUT2D eigenvalue weighted by Crippen LogP contribution is 2.28. The van der Waals surface area contributed by atoms with Gasteiger partial charge in [-0.3, -0.25) is 9.48 Å². The Kier molecular flexibility index (Phi) is 8.11. The van der Waals surface area contributed by atoms with Gasteiger partial charge < -0.3 is 14.7 Å². The summed E-state index contributed by atoms with van der Waals surface area (Å²) in [4.78, 5) is 20.3. The van der Waals surface area contributed by atoms with Gasteiger partial charge in [-0.1, -0.05) is 18.6 Å². The molecule has 9 nitrogen and oxygen atoms in total. The third-order valence-corrected chi connectivity index (χ3v) is 10.5. The fraction of sp³-hybridized carbons (Fsp3) is 0.643. The highest BCUT2D eigenvalue weighted by atomic mass is 32.2. The molecule has 0 N–H and O–H groups in total. The fourth-order valence-electron chi connectivity index (χ4n) is 6.16. The topological polar surface area (TPSA) is 82.0 Å². The van der Waals surface area contributed by atoms with Crippen LogP contribution in [0, 0.1) is 13.8 Å². The first-order chi connectivity index (χ1) is 18.3. The highest BCUT2D eigenvalue weighted by molar-refractivity contribution is 7.89.